The summed E-state index contributed by atoms with van der Waals surface area (Å²) in [4.78, 5) is 22.5. The third-order valence-electron chi connectivity index (χ3n) is 2.49. The third-order valence-corrected chi connectivity index (χ3v) is 2.49. The van der Waals surface area contributed by atoms with Gasteiger partial charge >= 0.3 is 12.1 Å². The van der Waals surface area contributed by atoms with Crippen LogP contribution in [-0.4, -0.2) is 22.5 Å². The van der Waals surface area contributed by atoms with Gasteiger partial charge in [0, 0.05) is 5.56 Å². The first-order valence-electron chi connectivity index (χ1n) is 5.38. The molecule has 2 N–H and O–H groups in total. The van der Waals surface area contributed by atoms with Crippen molar-refractivity contribution in [3.05, 3.63) is 35.1 Å². The van der Waals surface area contributed by atoms with E-state index >= 15 is 0 Å². The van der Waals surface area contributed by atoms with Gasteiger partial charge in [-0.2, -0.15) is 13.2 Å². The van der Waals surface area contributed by atoms with Crippen LogP contribution in [0, 0.1) is 5.82 Å². The summed E-state index contributed by atoms with van der Waals surface area (Å²) < 4.78 is 50.5. The molecule has 20 heavy (non-hydrogen) atoms. The Morgan fingerprint density at radius 3 is 2.20 bits per heavy atom. The molecule has 1 aromatic rings. The zero-order valence-corrected chi connectivity index (χ0v) is 10.5. The molecule has 0 radical (unpaired) electrons. The molecule has 4 nitrogen and oxygen atoms in total. The van der Waals surface area contributed by atoms with Crippen molar-refractivity contribution in [2.45, 2.75) is 25.6 Å². The first kappa shape index (κ1) is 15.9. The number of halogens is 4. The fraction of sp³-hybridized carbons (Fsp3) is 0.333. The van der Waals surface area contributed by atoms with Gasteiger partial charge in [-0.05, 0) is 32.0 Å². The van der Waals surface area contributed by atoms with Crippen LogP contribution in [0.4, 0.5) is 17.6 Å². The zero-order valence-electron chi connectivity index (χ0n) is 10.5. The maximum Gasteiger partial charge on any atom is 0.419 e. The summed E-state index contributed by atoms with van der Waals surface area (Å²) in [6, 6.07) is 1.69. The molecule has 0 atom stereocenters. The Bertz CT molecular complexity index is 552. The molecule has 0 fully saturated rings. The summed E-state index contributed by atoms with van der Waals surface area (Å²) in [6.45, 7) is 2.34. The number of nitrogens with one attached hydrogen (secondary N) is 1. The Labute approximate surface area is 111 Å². The highest BCUT2D eigenvalue weighted by molar-refractivity contribution is 5.97. The molecule has 110 valence electrons. The second-order valence-corrected chi connectivity index (χ2v) is 4.58. The summed E-state index contributed by atoms with van der Waals surface area (Å²) >= 11 is 0. The normalized spacial score (nSPS) is 12.1. The van der Waals surface area contributed by atoms with Crippen LogP contribution in [0.25, 0.3) is 0 Å². The van der Waals surface area contributed by atoms with E-state index in [-0.39, 0.29) is 0 Å². The molecule has 0 unspecified atom stereocenters. The molecule has 1 amide bonds. The number of carboxylic acid groups (broad SMARTS) is 1. The lowest BCUT2D eigenvalue weighted by Crippen LogP contribution is -2.49. The number of benzene rings is 1. The monoisotopic (exact) mass is 293 g/mol. The molecule has 0 spiro atoms. The Morgan fingerprint density at radius 1 is 1.20 bits per heavy atom. The quantitative estimate of drug-likeness (QED) is 0.841. The van der Waals surface area contributed by atoms with Gasteiger partial charge in [0.25, 0.3) is 5.91 Å². The van der Waals surface area contributed by atoms with E-state index in [4.69, 9.17) is 5.11 Å². The van der Waals surface area contributed by atoms with Gasteiger partial charge in [0.05, 0.1) is 5.56 Å². The molecule has 0 bridgehead atoms. The Kier molecular flexibility index (Phi) is 4.07. The molecule has 8 heteroatoms. The molecule has 0 aliphatic heterocycles. The molecule has 0 heterocycles. The molecular weight excluding hydrogens is 282 g/mol. The number of carboxylic acids is 1. The van der Waals surface area contributed by atoms with Gasteiger partial charge in [-0.1, -0.05) is 0 Å². The number of hydrogen-bond acceptors (Lipinski definition) is 2. The molecule has 0 saturated heterocycles. The van der Waals surface area contributed by atoms with Crippen molar-refractivity contribution >= 4 is 11.9 Å². The van der Waals surface area contributed by atoms with Gasteiger partial charge in [0.1, 0.15) is 11.4 Å². The number of rotatable bonds is 3. The average molecular weight is 293 g/mol. The number of carbonyl (C=O) groups excluding carboxylic acids is 1. The standard InChI is InChI=1S/C12H11F4NO3/c1-11(2,10(19)20)17-9(18)6-3-4-8(13)7(5-6)12(14,15)16/h3-5H,1-2H3,(H,17,18)(H,19,20). The summed E-state index contributed by atoms with van der Waals surface area (Å²) in [5.41, 5.74) is -3.73. The maximum atomic E-state index is 13.0. The Hall–Kier alpha value is -2.12. The van der Waals surface area contributed by atoms with Crippen molar-refractivity contribution in [2.75, 3.05) is 0 Å². The highest BCUT2D eigenvalue weighted by Gasteiger charge is 2.35. The van der Waals surface area contributed by atoms with Crippen molar-refractivity contribution < 1.29 is 32.3 Å². The lowest BCUT2D eigenvalue weighted by molar-refractivity contribution is -0.143. The highest BCUT2D eigenvalue weighted by atomic mass is 19.4. The van der Waals surface area contributed by atoms with Crippen LogP contribution >= 0.6 is 0 Å². The second kappa shape index (κ2) is 5.10. The second-order valence-electron chi connectivity index (χ2n) is 4.58. The first-order chi connectivity index (χ1) is 8.95. The first-order valence-corrected chi connectivity index (χ1v) is 5.38. The van der Waals surface area contributed by atoms with Gasteiger partial charge in [0.15, 0.2) is 0 Å². The van der Waals surface area contributed by atoms with E-state index in [9.17, 15) is 27.2 Å². The number of amides is 1. The molecule has 0 aliphatic carbocycles. The van der Waals surface area contributed by atoms with E-state index in [1.807, 2.05) is 5.32 Å². The van der Waals surface area contributed by atoms with Crippen LogP contribution in [0.2, 0.25) is 0 Å². The van der Waals surface area contributed by atoms with Crippen molar-refractivity contribution in [2.24, 2.45) is 0 Å². The minimum Gasteiger partial charge on any atom is -0.480 e. The molecule has 0 aliphatic rings. The summed E-state index contributed by atoms with van der Waals surface area (Å²) in [5.74, 6) is -3.90. The van der Waals surface area contributed by atoms with E-state index in [1.165, 1.54) is 13.8 Å². The predicted molar refractivity (Wildman–Crippen MR) is 60.6 cm³/mol. The van der Waals surface area contributed by atoms with Crippen molar-refractivity contribution in [1.82, 2.24) is 5.32 Å². The third kappa shape index (κ3) is 3.46. The van der Waals surface area contributed by atoms with Crippen LogP contribution in [0.3, 0.4) is 0 Å². The van der Waals surface area contributed by atoms with Gasteiger partial charge in [-0.15, -0.1) is 0 Å². The van der Waals surface area contributed by atoms with Gasteiger partial charge in [-0.25, -0.2) is 9.18 Å². The van der Waals surface area contributed by atoms with Crippen LogP contribution in [-0.2, 0) is 11.0 Å². The number of hydrogen-bond donors (Lipinski definition) is 2. The van der Waals surface area contributed by atoms with E-state index in [0.717, 1.165) is 6.07 Å². The number of carbonyl (C=O) groups is 2. The molecular formula is C12H11F4NO3. The molecule has 0 aromatic heterocycles. The average Bonchev–Trinajstić information content (AvgIpc) is 2.26. The SMILES string of the molecule is CC(C)(NC(=O)c1ccc(F)c(C(F)(F)F)c1)C(=O)O. The highest BCUT2D eigenvalue weighted by Crippen LogP contribution is 2.31. The fourth-order valence-electron chi connectivity index (χ4n) is 1.29. The minimum atomic E-state index is -4.94. The van der Waals surface area contributed by atoms with Gasteiger partial charge in [0.2, 0.25) is 0 Å². The predicted octanol–water partition coefficient (Wildman–Crippen LogP) is 2.44. The Morgan fingerprint density at radius 2 is 1.75 bits per heavy atom. The lowest BCUT2D eigenvalue weighted by Gasteiger charge is -2.21. The van der Waals surface area contributed by atoms with Gasteiger partial charge in [-0.3, -0.25) is 4.79 Å². The van der Waals surface area contributed by atoms with Crippen LogP contribution in [0.15, 0.2) is 18.2 Å². The van der Waals surface area contributed by atoms with E-state index in [0.29, 0.717) is 12.1 Å². The molecule has 1 aromatic carbocycles. The maximum absolute atomic E-state index is 13.0. The Balaban J connectivity index is 3.10. The summed E-state index contributed by atoms with van der Waals surface area (Å²) in [5, 5.41) is 10.9. The number of aliphatic carboxylic acids is 1. The van der Waals surface area contributed by atoms with Crippen molar-refractivity contribution in [1.29, 1.82) is 0 Å². The summed E-state index contributed by atoms with van der Waals surface area (Å²) in [6.07, 6.45) is -4.94. The largest absolute Gasteiger partial charge is 0.480 e. The van der Waals surface area contributed by atoms with E-state index in [2.05, 4.69) is 0 Å². The summed E-state index contributed by atoms with van der Waals surface area (Å²) in [7, 11) is 0. The molecule has 0 saturated carbocycles. The van der Waals surface area contributed by atoms with Crippen LogP contribution in [0.5, 0.6) is 0 Å². The number of alkyl halides is 3. The van der Waals surface area contributed by atoms with Gasteiger partial charge < -0.3 is 10.4 Å². The lowest BCUT2D eigenvalue weighted by atomic mass is 10.0. The van der Waals surface area contributed by atoms with Crippen molar-refractivity contribution in [3.63, 3.8) is 0 Å². The minimum absolute atomic E-state index is 0.336. The van der Waals surface area contributed by atoms with Crippen LogP contribution < -0.4 is 5.32 Å². The van der Waals surface area contributed by atoms with E-state index < -0.39 is 40.5 Å². The van der Waals surface area contributed by atoms with Crippen LogP contribution in [0.1, 0.15) is 29.8 Å². The zero-order chi connectivity index (χ0) is 15.7. The topological polar surface area (TPSA) is 66.4 Å². The van der Waals surface area contributed by atoms with Crippen molar-refractivity contribution in [3.8, 4) is 0 Å². The molecule has 1 rings (SSSR count). The smallest absolute Gasteiger partial charge is 0.419 e. The van der Waals surface area contributed by atoms with E-state index in [1.54, 1.807) is 0 Å². The fourth-order valence-corrected chi connectivity index (χ4v) is 1.29.